The molecule has 1 saturated carbocycles. The van der Waals surface area contributed by atoms with Crippen molar-refractivity contribution >= 4 is 12.1 Å². The van der Waals surface area contributed by atoms with E-state index in [-0.39, 0.29) is 0 Å². The predicted molar refractivity (Wildman–Crippen MR) is 74.4 cm³/mol. The van der Waals surface area contributed by atoms with Gasteiger partial charge < -0.3 is 9.84 Å². The molecule has 0 spiro atoms. The van der Waals surface area contributed by atoms with Gasteiger partial charge in [0.25, 0.3) is 0 Å². The Morgan fingerprint density at radius 1 is 1.20 bits per heavy atom. The zero-order valence-electron chi connectivity index (χ0n) is 12.6. The normalized spacial score (nSPS) is 27.2. The molecular formula is C15H25NO4. The summed E-state index contributed by atoms with van der Waals surface area (Å²) in [6.45, 7) is 5.87. The van der Waals surface area contributed by atoms with E-state index in [4.69, 9.17) is 4.74 Å². The summed E-state index contributed by atoms with van der Waals surface area (Å²) in [5.74, 6) is 0.307. The van der Waals surface area contributed by atoms with Crippen LogP contribution in [0.1, 0.15) is 52.9 Å². The molecule has 0 aromatic carbocycles. The van der Waals surface area contributed by atoms with E-state index in [1.165, 1.54) is 17.7 Å². The first kappa shape index (κ1) is 15.1. The van der Waals surface area contributed by atoms with Crippen molar-refractivity contribution in [3.05, 3.63) is 0 Å². The zero-order valence-corrected chi connectivity index (χ0v) is 12.6. The van der Waals surface area contributed by atoms with Crippen molar-refractivity contribution in [3.63, 3.8) is 0 Å². The number of piperidine rings is 1. The highest BCUT2D eigenvalue weighted by Gasteiger charge is 2.39. The number of rotatable bonds is 3. The monoisotopic (exact) mass is 283 g/mol. The number of hydrogen-bond donors (Lipinski definition) is 1. The maximum Gasteiger partial charge on any atom is 0.411 e. The first-order valence-corrected chi connectivity index (χ1v) is 7.48. The van der Waals surface area contributed by atoms with E-state index >= 15 is 0 Å². The standard InChI is InChI=1S/C15H25NO4/c1-15(2,3)20-14(19)16-7-6-11(8-10-4-5-10)9-12(16)13(17)18/h10-12H,4-9H2,1-3H3,(H,17,18)/t11-,12+/m0/s1. The molecule has 114 valence electrons. The van der Waals surface area contributed by atoms with Gasteiger partial charge in [-0.1, -0.05) is 12.8 Å². The van der Waals surface area contributed by atoms with Gasteiger partial charge in [-0.25, -0.2) is 9.59 Å². The summed E-state index contributed by atoms with van der Waals surface area (Å²) < 4.78 is 5.31. The third kappa shape index (κ3) is 4.12. The van der Waals surface area contributed by atoms with Gasteiger partial charge in [0.2, 0.25) is 0 Å². The Balaban J connectivity index is 1.97. The highest BCUT2D eigenvalue weighted by Crippen LogP contribution is 2.39. The van der Waals surface area contributed by atoms with Crippen LogP contribution in [0.2, 0.25) is 0 Å². The molecule has 5 heteroatoms. The third-order valence-corrected chi connectivity index (χ3v) is 3.99. The number of ether oxygens (including phenoxy) is 1. The van der Waals surface area contributed by atoms with Crippen LogP contribution in [0.4, 0.5) is 4.79 Å². The third-order valence-electron chi connectivity index (χ3n) is 3.99. The molecule has 2 rings (SSSR count). The van der Waals surface area contributed by atoms with Crippen molar-refractivity contribution in [1.29, 1.82) is 0 Å². The number of carbonyl (C=O) groups is 2. The molecule has 2 fully saturated rings. The fourth-order valence-electron chi connectivity index (χ4n) is 2.85. The first-order valence-electron chi connectivity index (χ1n) is 7.48. The van der Waals surface area contributed by atoms with Crippen LogP contribution in [0, 0.1) is 11.8 Å². The van der Waals surface area contributed by atoms with Crippen molar-refractivity contribution in [1.82, 2.24) is 4.90 Å². The fraction of sp³-hybridized carbons (Fsp3) is 0.867. The number of carbonyl (C=O) groups excluding carboxylic acids is 1. The van der Waals surface area contributed by atoms with E-state index in [2.05, 4.69) is 0 Å². The summed E-state index contributed by atoms with van der Waals surface area (Å²) in [6.07, 6.45) is 4.62. The van der Waals surface area contributed by atoms with E-state index in [9.17, 15) is 14.7 Å². The van der Waals surface area contributed by atoms with Gasteiger partial charge in [0.1, 0.15) is 11.6 Å². The second-order valence-corrected chi connectivity index (χ2v) is 7.10. The summed E-state index contributed by atoms with van der Waals surface area (Å²) in [5, 5.41) is 9.37. The zero-order chi connectivity index (χ0) is 14.9. The minimum Gasteiger partial charge on any atom is -0.480 e. The van der Waals surface area contributed by atoms with Crippen LogP contribution in [0.25, 0.3) is 0 Å². The maximum atomic E-state index is 12.1. The number of aliphatic carboxylic acids is 1. The Hall–Kier alpha value is -1.26. The molecule has 1 amide bonds. The second kappa shape index (κ2) is 5.62. The van der Waals surface area contributed by atoms with E-state index in [0.717, 1.165) is 18.8 Å². The van der Waals surface area contributed by atoms with Crippen LogP contribution in [0.5, 0.6) is 0 Å². The van der Waals surface area contributed by atoms with Gasteiger partial charge >= 0.3 is 12.1 Å². The molecule has 5 nitrogen and oxygen atoms in total. The quantitative estimate of drug-likeness (QED) is 0.864. The molecule has 1 heterocycles. The van der Waals surface area contributed by atoms with Crippen molar-refractivity contribution in [2.24, 2.45) is 11.8 Å². The van der Waals surface area contributed by atoms with Gasteiger partial charge in [-0.3, -0.25) is 4.90 Å². The Bertz CT molecular complexity index is 384. The lowest BCUT2D eigenvalue weighted by molar-refractivity contribution is -0.145. The molecule has 0 aromatic rings. The molecule has 0 aromatic heterocycles. The minimum atomic E-state index is -0.920. The topological polar surface area (TPSA) is 66.8 Å². The Labute approximate surface area is 120 Å². The molecule has 1 aliphatic carbocycles. The summed E-state index contributed by atoms with van der Waals surface area (Å²) in [5.41, 5.74) is -0.592. The summed E-state index contributed by atoms with van der Waals surface area (Å²) >= 11 is 0. The Morgan fingerprint density at radius 3 is 2.35 bits per heavy atom. The number of hydrogen-bond acceptors (Lipinski definition) is 3. The van der Waals surface area contributed by atoms with Crippen LogP contribution >= 0.6 is 0 Å². The molecule has 0 radical (unpaired) electrons. The van der Waals surface area contributed by atoms with Crippen molar-refractivity contribution in [2.45, 2.75) is 64.5 Å². The Morgan fingerprint density at radius 2 is 1.85 bits per heavy atom. The van der Waals surface area contributed by atoms with Crippen molar-refractivity contribution in [2.75, 3.05) is 6.54 Å². The number of likely N-dealkylation sites (tertiary alicyclic amines) is 1. The van der Waals surface area contributed by atoms with E-state index in [1.54, 1.807) is 20.8 Å². The summed E-state index contributed by atoms with van der Waals surface area (Å²) in [7, 11) is 0. The van der Waals surface area contributed by atoms with Crippen LogP contribution in [-0.4, -0.2) is 40.3 Å². The predicted octanol–water partition coefficient (Wildman–Crippen LogP) is 2.89. The number of carboxylic acids is 1. The average Bonchev–Trinajstić information content (AvgIpc) is 3.10. The smallest absolute Gasteiger partial charge is 0.411 e. The van der Waals surface area contributed by atoms with Gasteiger partial charge in [0.05, 0.1) is 0 Å². The molecule has 1 aliphatic heterocycles. The molecule has 2 aliphatic rings. The van der Waals surface area contributed by atoms with E-state index in [1.807, 2.05) is 0 Å². The maximum absolute atomic E-state index is 12.1. The lowest BCUT2D eigenvalue weighted by Crippen LogP contribution is -2.51. The van der Waals surface area contributed by atoms with Crippen LogP contribution in [-0.2, 0) is 9.53 Å². The van der Waals surface area contributed by atoms with Gasteiger partial charge in [-0.05, 0) is 51.9 Å². The lowest BCUT2D eigenvalue weighted by atomic mass is 9.87. The summed E-state index contributed by atoms with van der Waals surface area (Å²) in [4.78, 5) is 24.9. The number of amides is 1. The lowest BCUT2D eigenvalue weighted by Gasteiger charge is -2.38. The first-order chi connectivity index (χ1) is 9.26. The largest absolute Gasteiger partial charge is 0.480 e. The molecule has 0 bridgehead atoms. The summed E-state index contributed by atoms with van der Waals surface area (Å²) in [6, 6.07) is -0.734. The Kier molecular flexibility index (Phi) is 4.25. The van der Waals surface area contributed by atoms with Crippen LogP contribution in [0.15, 0.2) is 0 Å². The van der Waals surface area contributed by atoms with Crippen molar-refractivity contribution in [3.8, 4) is 0 Å². The second-order valence-electron chi connectivity index (χ2n) is 7.10. The highest BCUT2D eigenvalue weighted by atomic mass is 16.6. The minimum absolute atomic E-state index is 0.433. The van der Waals surface area contributed by atoms with E-state index < -0.39 is 23.7 Å². The SMILES string of the molecule is CC(C)(C)OC(=O)N1CC[C@@H](CC2CC2)C[C@@H]1C(=O)O. The van der Waals surface area contributed by atoms with E-state index in [0.29, 0.717) is 18.9 Å². The van der Waals surface area contributed by atoms with Gasteiger partial charge in [-0.2, -0.15) is 0 Å². The van der Waals surface area contributed by atoms with Crippen LogP contribution in [0.3, 0.4) is 0 Å². The highest BCUT2D eigenvalue weighted by molar-refractivity contribution is 5.80. The molecule has 20 heavy (non-hydrogen) atoms. The van der Waals surface area contributed by atoms with Crippen LogP contribution < -0.4 is 0 Å². The molecular weight excluding hydrogens is 258 g/mol. The molecule has 2 atom stereocenters. The molecule has 1 saturated heterocycles. The number of nitrogens with zero attached hydrogens (tertiary/aromatic N) is 1. The van der Waals surface area contributed by atoms with Gasteiger partial charge in [0, 0.05) is 6.54 Å². The average molecular weight is 283 g/mol. The molecule has 0 unspecified atom stereocenters. The van der Waals surface area contributed by atoms with Gasteiger partial charge in [0.15, 0.2) is 0 Å². The van der Waals surface area contributed by atoms with Gasteiger partial charge in [-0.15, -0.1) is 0 Å². The fourth-order valence-corrected chi connectivity index (χ4v) is 2.85. The number of carboxylic acid groups (broad SMARTS) is 1. The molecule has 1 N–H and O–H groups in total. The van der Waals surface area contributed by atoms with Crippen molar-refractivity contribution < 1.29 is 19.4 Å².